The van der Waals surface area contributed by atoms with Crippen LogP contribution >= 0.6 is 23.2 Å². The van der Waals surface area contributed by atoms with Gasteiger partial charge in [-0.05, 0) is 43.7 Å². The Morgan fingerprint density at radius 2 is 1.76 bits per heavy atom. The van der Waals surface area contributed by atoms with Crippen LogP contribution < -0.4 is 5.32 Å². The number of carbonyl (C=O) groups is 2. The van der Waals surface area contributed by atoms with E-state index < -0.39 is 0 Å². The minimum atomic E-state index is -0.321. The van der Waals surface area contributed by atoms with E-state index in [9.17, 15) is 9.59 Å². The van der Waals surface area contributed by atoms with Crippen LogP contribution in [0.5, 0.6) is 0 Å². The fourth-order valence-electron chi connectivity index (χ4n) is 2.36. The first-order chi connectivity index (χ1) is 11.9. The van der Waals surface area contributed by atoms with Crippen LogP contribution in [0, 0.1) is 6.92 Å². The highest BCUT2D eigenvalue weighted by Gasteiger charge is 2.18. The van der Waals surface area contributed by atoms with Gasteiger partial charge in [0, 0.05) is 17.1 Å². The van der Waals surface area contributed by atoms with E-state index in [-0.39, 0.29) is 18.4 Å². The normalized spacial score (nSPS) is 10.4. The molecule has 25 heavy (non-hydrogen) atoms. The van der Waals surface area contributed by atoms with Gasteiger partial charge < -0.3 is 10.2 Å². The van der Waals surface area contributed by atoms with Gasteiger partial charge in [0.25, 0.3) is 5.91 Å². The summed E-state index contributed by atoms with van der Waals surface area (Å²) >= 11 is 12.0. The third kappa shape index (κ3) is 5.48. The molecule has 2 amide bonds. The zero-order valence-electron chi connectivity index (χ0n) is 14.2. The molecule has 0 atom stereocenters. The number of nitrogens with zero attached hydrogens (tertiary/aromatic N) is 1. The molecule has 2 aromatic rings. The van der Waals surface area contributed by atoms with Crippen molar-refractivity contribution in [3.05, 3.63) is 63.6 Å². The van der Waals surface area contributed by atoms with Crippen LogP contribution in [0.3, 0.4) is 0 Å². The van der Waals surface area contributed by atoms with E-state index >= 15 is 0 Å². The molecule has 0 unspecified atom stereocenters. The molecule has 6 heteroatoms. The molecule has 0 fully saturated rings. The zero-order chi connectivity index (χ0) is 18.4. The molecule has 2 aromatic carbocycles. The number of carbonyl (C=O) groups excluding carboxylic acids is 2. The maximum absolute atomic E-state index is 12.7. The third-order valence-electron chi connectivity index (χ3n) is 3.62. The lowest BCUT2D eigenvalue weighted by atomic mass is 10.1. The number of nitrogens with one attached hydrogen (secondary N) is 1. The van der Waals surface area contributed by atoms with E-state index in [0.29, 0.717) is 27.8 Å². The van der Waals surface area contributed by atoms with Crippen molar-refractivity contribution in [1.29, 1.82) is 0 Å². The summed E-state index contributed by atoms with van der Waals surface area (Å²) < 4.78 is 0. The molecule has 0 saturated heterocycles. The van der Waals surface area contributed by atoms with E-state index in [2.05, 4.69) is 5.32 Å². The van der Waals surface area contributed by atoms with Crippen LogP contribution in [0.15, 0.2) is 42.5 Å². The highest BCUT2D eigenvalue weighted by molar-refractivity contribution is 6.35. The van der Waals surface area contributed by atoms with Crippen LogP contribution in [-0.4, -0.2) is 29.8 Å². The molecule has 0 radical (unpaired) electrons. The molecule has 0 saturated carbocycles. The number of halogens is 2. The van der Waals surface area contributed by atoms with Crippen molar-refractivity contribution in [2.45, 2.75) is 20.3 Å². The molecule has 0 aliphatic rings. The number of rotatable bonds is 6. The molecule has 0 heterocycles. The van der Waals surface area contributed by atoms with Gasteiger partial charge in [-0.2, -0.15) is 0 Å². The first kappa shape index (κ1) is 19.3. The quantitative estimate of drug-likeness (QED) is 0.784. The van der Waals surface area contributed by atoms with Gasteiger partial charge in [-0.3, -0.25) is 9.59 Å². The molecule has 0 aliphatic heterocycles. The predicted molar refractivity (Wildman–Crippen MR) is 102 cm³/mol. The van der Waals surface area contributed by atoms with E-state index in [1.165, 1.54) is 4.90 Å². The molecule has 0 aliphatic carbocycles. The summed E-state index contributed by atoms with van der Waals surface area (Å²) in [6, 6.07) is 12.1. The minimum absolute atomic E-state index is 0.0522. The molecule has 132 valence electrons. The lowest BCUT2D eigenvalue weighted by Gasteiger charge is -2.22. The van der Waals surface area contributed by atoms with Crippen LogP contribution in [-0.2, 0) is 4.79 Å². The van der Waals surface area contributed by atoms with Crippen LogP contribution in [0.1, 0.15) is 29.3 Å². The smallest absolute Gasteiger partial charge is 0.254 e. The number of aryl methyl sites for hydroxylation is 1. The second-order valence-corrected chi connectivity index (χ2v) is 6.61. The maximum atomic E-state index is 12.7. The van der Waals surface area contributed by atoms with E-state index in [1.54, 1.807) is 30.3 Å². The standard InChI is InChI=1S/C19H20Cl2N2O2/c1-3-10-23(19(25)14-6-4-13(2)5-7-14)12-18(24)22-17-11-15(20)8-9-16(17)21/h4-9,11H,3,10,12H2,1-2H3,(H,22,24). The summed E-state index contributed by atoms with van der Waals surface area (Å²) in [6.45, 7) is 4.36. The van der Waals surface area contributed by atoms with Gasteiger partial charge in [0.15, 0.2) is 0 Å². The highest BCUT2D eigenvalue weighted by atomic mass is 35.5. The van der Waals surface area contributed by atoms with Gasteiger partial charge in [-0.1, -0.05) is 47.8 Å². The first-order valence-electron chi connectivity index (χ1n) is 8.01. The van der Waals surface area contributed by atoms with Gasteiger partial charge >= 0.3 is 0 Å². The van der Waals surface area contributed by atoms with Crippen LogP contribution in [0.4, 0.5) is 5.69 Å². The number of hydrogen-bond acceptors (Lipinski definition) is 2. The second-order valence-electron chi connectivity index (χ2n) is 5.77. The second kappa shape index (κ2) is 8.88. The predicted octanol–water partition coefficient (Wildman–Crippen LogP) is 4.79. The van der Waals surface area contributed by atoms with Gasteiger partial charge in [0.05, 0.1) is 10.7 Å². The lowest BCUT2D eigenvalue weighted by Crippen LogP contribution is -2.38. The van der Waals surface area contributed by atoms with Crippen molar-refractivity contribution in [2.75, 3.05) is 18.4 Å². The van der Waals surface area contributed by atoms with Crippen molar-refractivity contribution in [3.63, 3.8) is 0 Å². The Morgan fingerprint density at radius 3 is 2.40 bits per heavy atom. The van der Waals surface area contributed by atoms with Gasteiger partial charge in [-0.15, -0.1) is 0 Å². The highest BCUT2D eigenvalue weighted by Crippen LogP contribution is 2.25. The van der Waals surface area contributed by atoms with Crippen molar-refractivity contribution < 1.29 is 9.59 Å². The Kier molecular flexibility index (Phi) is 6.85. The topological polar surface area (TPSA) is 49.4 Å². The van der Waals surface area contributed by atoms with Gasteiger partial charge in [0.1, 0.15) is 6.54 Å². The number of hydrogen-bond donors (Lipinski definition) is 1. The van der Waals surface area contributed by atoms with Crippen LogP contribution in [0.2, 0.25) is 10.0 Å². The number of anilines is 1. The first-order valence-corrected chi connectivity index (χ1v) is 8.77. The van der Waals surface area contributed by atoms with Gasteiger partial charge in [0.2, 0.25) is 5.91 Å². The summed E-state index contributed by atoms with van der Waals surface area (Å²) in [5, 5.41) is 3.57. The molecule has 2 rings (SSSR count). The summed E-state index contributed by atoms with van der Waals surface area (Å²) in [5.74, 6) is -0.493. The molecule has 0 spiro atoms. The summed E-state index contributed by atoms with van der Waals surface area (Å²) in [7, 11) is 0. The SMILES string of the molecule is CCCN(CC(=O)Nc1cc(Cl)ccc1Cl)C(=O)c1ccc(C)cc1. The number of benzene rings is 2. The van der Waals surface area contributed by atoms with Crippen molar-refractivity contribution >= 4 is 40.7 Å². The summed E-state index contributed by atoms with van der Waals surface area (Å²) in [5.41, 5.74) is 2.07. The largest absolute Gasteiger partial charge is 0.329 e. The van der Waals surface area contributed by atoms with Crippen molar-refractivity contribution in [1.82, 2.24) is 4.90 Å². The average Bonchev–Trinajstić information content (AvgIpc) is 2.58. The Hall–Kier alpha value is -2.04. The third-order valence-corrected chi connectivity index (χ3v) is 4.18. The molecule has 0 bridgehead atoms. The zero-order valence-corrected chi connectivity index (χ0v) is 15.7. The molecule has 0 aromatic heterocycles. The molecule has 4 nitrogen and oxygen atoms in total. The lowest BCUT2D eigenvalue weighted by molar-refractivity contribution is -0.116. The maximum Gasteiger partial charge on any atom is 0.254 e. The number of amides is 2. The Bertz CT molecular complexity index is 761. The van der Waals surface area contributed by atoms with Crippen molar-refractivity contribution in [3.8, 4) is 0 Å². The molecular formula is C19H20Cl2N2O2. The summed E-state index contributed by atoms with van der Waals surface area (Å²) in [4.78, 5) is 26.5. The van der Waals surface area contributed by atoms with Gasteiger partial charge in [-0.25, -0.2) is 0 Å². The van der Waals surface area contributed by atoms with E-state index in [1.807, 2.05) is 26.0 Å². The average molecular weight is 379 g/mol. The fraction of sp³-hybridized carbons (Fsp3) is 0.263. The van der Waals surface area contributed by atoms with E-state index in [0.717, 1.165) is 12.0 Å². The monoisotopic (exact) mass is 378 g/mol. The Balaban J connectivity index is 2.09. The molecular weight excluding hydrogens is 359 g/mol. The summed E-state index contributed by atoms with van der Waals surface area (Å²) in [6.07, 6.45) is 0.753. The minimum Gasteiger partial charge on any atom is -0.329 e. The Morgan fingerprint density at radius 1 is 1.08 bits per heavy atom. The molecule has 1 N–H and O–H groups in total. The van der Waals surface area contributed by atoms with E-state index in [4.69, 9.17) is 23.2 Å². The Labute approximate surface area is 157 Å². The van der Waals surface area contributed by atoms with Crippen LogP contribution in [0.25, 0.3) is 0 Å². The van der Waals surface area contributed by atoms with Crippen molar-refractivity contribution in [2.24, 2.45) is 0 Å². The fourth-order valence-corrected chi connectivity index (χ4v) is 2.69.